The smallest absolute Gasteiger partial charge is 0.251 e. The Kier molecular flexibility index (Phi) is 3.04. The molecule has 1 aromatic rings. The van der Waals surface area contributed by atoms with Gasteiger partial charge in [0.2, 0.25) is 5.16 Å². The maximum Gasteiger partial charge on any atom is 0.433 e. The van der Waals surface area contributed by atoms with Crippen LogP contribution in [0.25, 0.3) is 0 Å². The summed E-state index contributed by atoms with van der Waals surface area (Å²) < 4.78 is 47.6. The fourth-order valence-corrected chi connectivity index (χ4v) is 1.21. The van der Waals surface area contributed by atoms with Crippen molar-refractivity contribution < 1.29 is 17.4 Å². The molecule has 0 fully saturated rings. The number of halogens is 3. The molecular weight excluding hydrogens is 231 g/mol. The first kappa shape index (κ1) is 11.6. The number of hydrogen-bond donors (Lipinski definition) is 0. The van der Waals surface area contributed by atoms with Gasteiger partial charge in [0, 0.05) is 12.3 Å². The zero-order valence-corrected chi connectivity index (χ0v) is 8.19. The predicted molar refractivity (Wildman–Crippen MR) is 44.1 cm³/mol. The Morgan fingerprint density at radius 3 is 2.47 bits per heavy atom. The highest BCUT2D eigenvalue weighted by Gasteiger charge is 2.34. The van der Waals surface area contributed by atoms with Crippen LogP contribution in [-0.2, 0) is 17.0 Å². The summed E-state index contributed by atoms with van der Waals surface area (Å²) in [5.74, 6) is 0. The van der Waals surface area contributed by atoms with Crippen molar-refractivity contribution in [3.05, 3.63) is 17.5 Å². The van der Waals surface area contributed by atoms with Crippen molar-refractivity contribution >= 4 is 10.8 Å². The number of rotatable bonds is 1. The Hall–Kier alpha value is -1.49. The van der Waals surface area contributed by atoms with Crippen LogP contribution in [-0.4, -0.2) is 20.4 Å². The molecule has 0 aliphatic rings. The summed E-state index contributed by atoms with van der Waals surface area (Å²) in [4.78, 5) is 6.46. The van der Waals surface area contributed by atoms with Crippen LogP contribution in [0.3, 0.4) is 0 Å². The molecule has 0 aliphatic heterocycles. The molecule has 0 aromatic carbocycles. The predicted octanol–water partition coefficient (Wildman–Crippen LogP) is 1.10. The number of aromatic nitrogens is 2. The average molecular weight is 235 g/mol. The zero-order valence-electron chi connectivity index (χ0n) is 7.37. The first-order valence-corrected chi connectivity index (χ1v) is 5.10. The minimum atomic E-state index is -4.68. The average Bonchev–Trinajstić information content (AvgIpc) is 2.15. The van der Waals surface area contributed by atoms with Crippen LogP contribution in [0.4, 0.5) is 13.2 Å². The highest BCUT2D eigenvalue weighted by atomic mass is 32.2. The minimum absolute atomic E-state index is 0.456. The lowest BCUT2D eigenvalue weighted by molar-refractivity contribution is -0.141. The van der Waals surface area contributed by atoms with E-state index in [0.29, 0.717) is 6.07 Å². The molecule has 0 aliphatic carbocycles. The first-order valence-electron chi connectivity index (χ1n) is 3.54. The Balaban J connectivity index is 3.38. The van der Waals surface area contributed by atoms with E-state index in [2.05, 4.69) is 9.97 Å². The monoisotopic (exact) mass is 235 g/mol. The summed E-state index contributed by atoms with van der Waals surface area (Å²) in [6.07, 6.45) is -3.54. The van der Waals surface area contributed by atoms with Crippen molar-refractivity contribution in [2.75, 3.05) is 6.26 Å². The van der Waals surface area contributed by atoms with Crippen LogP contribution in [0.1, 0.15) is 11.4 Å². The molecule has 0 spiro atoms. The van der Waals surface area contributed by atoms with E-state index >= 15 is 0 Å². The molecule has 80 valence electrons. The number of nitriles is 1. The van der Waals surface area contributed by atoms with Crippen LogP contribution in [0.15, 0.2) is 11.2 Å². The first-order chi connectivity index (χ1) is 6.84. The molecule has 0 saturated carbocycles. The van der Waals surface area contributed by atoms with E-state index in [1.165, 1.54) is 6.07 Å². The Bertz CT molecular complexity index is 452. The van der Waals surface area contributed by atoms with E-state index in [1.54, 1.807) is 0 Å². The fourth-order valence-electron chi connectivity index (χ4n) is 0.756. The van der Waals surface area contributed by atoms with Crippen LogP contribution in [0.5, 0.6) is 0 Å². The van der Waals surface area contributed by atoms with Crippen molar-refractivity contribution in [3.8, 4) is 6.07 Å². The van der Waals surface area contributed by atoms with Gasteiger partial charge in [0.05, 0.1) is 10.8 Å². The molecule has 0 N–H and O–H groups in total. The molecule has 1 aromatic heterocycles. The summed E-state index contributed by atoms with van der Waals surface area (Å²) in [5.41, 5.74) is -1.72. The molecule has 0 radical (unpaired) electrons. The van der Waals surface area contributed by atoms with Gasteiger partial charge in [-0.1, -0.05) is 0 Å². The Labute approximate surface area is 85.2 Å². The van der Waals surface area contributed by atoms with Crippen LogP contribution in [0.2, 0.25) is 0 Å². The summed E-state index contributed by atoms with van der Waals surface area (Å²) in [6.45, 7) is 0. The highest BCUT2D eigenvalue weighted by Crippen LogP contribution is 2.27. The summed E-state index contributed by atoms with van der Waals surface area (Å²) in [6, 6.07) is 1.96. The SMILES string of the molecule is CS(=O)c1nc(C#N)cc(C(F)(F)F)n1. The summed E-state index contributed by atoms with van der Waals surface area (Å²) >= 11 is 0. The van der Waals surface area contributed by atoms with Crippen molar-refractivity contribution in [1.29, 1.82) is 5.26 Å². The van der Waals surface area contributed by atoms with Gasteiger partial charge in [-0.25, -0.2) is 9.97 Å². The summed E-state index contributed by atoms with van der Waals surface area (Å²) in [7, 11) is -1.76. The van der Waals surface area contributed by atoms with Crippen molar-refractivity contribution in [3.63, 3.8) is 0 Å². The standard InChI is InChI=1S/C7H4F3N3OS/c1-15(14)6-12-4(3-11)2-5(13-6)7(8,9)10/h2H,1H3. The van der Waals surface area contributed by atoms with E-state index in [0.717, 1.165) is 6.26 Å². The Morgan fingerprint density at radius 2 is 2.07 bits per heavy atom. The topological polar surface area (TPSA) is 66.6 Å². The number of hydrogen-bond acceptors (Lipinski definition) is 4. The third-order valence-electron chi connectivity index (χ3n) is 1.37. The quantitative estimate of drug-likeness (QED) is 0.684. The van der Waals surface area contributed by atoms with Gasteiger partial charge in [0.15, 0.2) is 0 Å². The molecule has 0 amide bonds. The van der Waals surface area contributed by atoms with E-state index < -0.39 is 33.5 Å². The van der Waals surface area contributed by atoms with Crippen molar-refractivity contribution in [2.24, 2.45) is 0 Å². The van der Waals surface area contributed by atoms with E-state index in [9.17, 15) is 17.4 Å². The van der Waals surface area contributed by atoms with E-state index in [1.807, 2.05) is 0 Å². The lowest BCUT2D eigenvalue weighted by Gasteiger charge is -2.06. The van der Waals surface area contributed by atoms with Gasteiger partial charge < -0.3 is 0 Å². The van der Waals surface area contributed by atoms with Crippen LogP contribution in [0, 0.1) is 11.3 Å². The molecule has 8 heteroatoms. The molecule has 0 saturated heterocycles. The third-order valence-corrected chi connectivity index (χ3v) is 2.06. The van der Waals surface area contributed by atoms with Crippen molar-refractivity contribution in [2.45, 2.75) is 11.3 Å². The second kappa shape index (κ2) is 3.94. The maximum absolute atomic E-state index is 12.2. The number of nitrogens with zero attached hydrogens (tertiary/aromatic N) is 3. The molecular formula is C7H4F3N3OS. The van der Waals surface area contributed by atoms with Crippen molar-refractivity contribution in [1.82, 2.24) is 9.97 Å². The van der Waals surface area contributed by atoms with Gasteiger partial charge in [0.1, 0.15) is 17.5 Å². The molecule has 1 heterocycles. The number of alkyl halides is 3. The molecule has 1 unspecified atom stereocenters. The largest absolute Gasteiger partial charge is 0.433 e. The maximum atomic E-state index is 12.2. The van der Waals surface area contributed by atoms with Gasteiger partial charge in [-0.3, -0.25) is 4.21 Å². The summed E-state index contributed by atoms with van der Waals surface area (Å²) in [5, 5.41) is 7.93. The second-order valence-electron chi connectivity index (χ2n) is 2.48. The molecule has 4 nitrogen and oxygen atoms in total. The molecule has 1 rings (SSSR count). The molecule has 1 atom stereocenters. The van der Waals surface area contributed by atoms with E-state index in [4.69, 9.17) is 5.26 Å². The highest BCUT2D eigenvalue weighted by molar-refractivity contribution is 7.84. The molecule has 15 heavy (non-hydrogen) atoms. The second-order valence-corrected chi connectivity index (χ2v) is 3.76. The third kappa shape index (κ3) is 2.73. The Morgan fingerprint density at radius 1 is 1.47 bits per heavy atom. The normalized spacial score (nSPS) is 13.3. The van der Waals surface area contributed by atoms with Gasteiger partial charge >= 0.3 is 6.18 Å². The van der Waals surface area contributed by atoms with Gasteiger partial charge in [-0.15, -0.1) is 0 Å². The van der Waals surface area contributed by atoms with Gasteiger partial charge in [-0.2, -0.15) is 18.4 Å². The zero-order chi connectivity index (χ0) is 11.6. The van der Waals surface area contributed by atoms with Gasteiger partial charge in [0.25, 0.3) is 0 Å². The van der Waals surface area contributed by atoms with E-state index in [-0.39, 0.29) is 0 Å². The lowest BCUT2D eigenvalue weighted by Crippen LogP contribution is -2.12. The molecule has 0 bridgehead atoms. The fraction of sp³-hybridized carbons (Fsp3) is 0.286. The van der Waals surface area contributed by atoms with Crippen LogP contribution >= 0.6 is 0 Å². The van der Waals surface area contributed by atoms with Crippen LogP contribution < -0.4 is 0 Å². The lowest BCUT2D eigenvalue weighted by atomic mass is 10.3. The minimum Gasteiger partial charge on any atom is -0.251 e. The van der Waals surface area contributed by atoms with Gasteiger partial charge in [-0.05, 0) is 0 Å².